The van der Waals surface area contributed by atoms with Gasteiger partial charge < -0.3 is 14.4 Å². The fourth-order valence-corrected chi connectivity index (χ4v) is 2.23. The summed E-state index contributed by atoms with van der Waals surface area (Å²) in [4.78, 5) is 14.2. The maximum absolute atomic E-state index is 10.6. The highest BCUT2D eigenvalue weighted by Gasteiger charge is 2.14. The van der Waals surface area contributed by atoms with Crippen LogP contribution in [0, 0.1) is 10.1 Å². The average Bonchev–Trinajstić information content (AvgIpc) is 2.93. The van der Waals surface area contributed by atoms with E-state index in [2.05, 4.69) is 10.1 Å². The van der Waals surface area contributed by atoms with Crippen molar-refractivity contribution in [1.82, 2.24) is 4.98 Å². The van der Waals surface area contributed by atoms with Crippen LogP contribution < -0.4 is 4.74 Å². The zero-order valence-corrected chi connectivity index (χ0v) is 12.8. The molecule has 0 amide bonds. The first-order valence-electron chi connectivity index (χ1n) is 6.72. The Hall–Kier alpha value is -3.13. The molecule has 0 spiro atoms. The number of nitrogens with zero attached hydrogens (tertiary/aromatic N) is 3. The molecule has 1 aromatic heterocycles. The first-order valence-corrected chi connectivity index (χ1v) is 7.10. The van der Waals surface area contributed by atoms with Gasteiger partial charge in [0.1, 0.15) is 11.3 Å². The molecule has 122 valence electrons. The van der Waals surface area contributed by atoms with E-state index in [4.69, 9.17) is 26.0 Å². The minimum atomic E-state index is -0.610. The van der Waals surface area contributed by atoms with Crippen molar-refractivity contribution in [2.45, 2.75) is 0 Å². The fraction of sp³-hybridized carbons (Fsp3) is 0.0667. The number of halogens is 1. The molecule has 0 unspecified atom stereocenters. The van der Waals surface area contributed by atoms with Gasteiger partial charge in [0.2, 0.25) is 6.54 Å². The number of ether oxygens (including phenoxy) is 1. The standard InChI is InChI=1S/C15H10ClN3O5/c16-10-4-5-14-12(7-10)17-15(24-14)23-11-3-1-2-9(6-11)13(18-20)8-19(21)22/h1-7,20H,8H2. The molecule has 0 aliphatic carbocycles. The summed E-state index contributed by atoms with van der Waals surface area (Å²) in [6.07, 6.45) is 0.00109. The Balaban J connectivity index is 1.86. The smallest absolute Gasteiger partial charge is 0.400 e. The van der Waals surface area contributed by atoms with Gasteiger partial charge in [0.25, 0.3) is 0 Å². The Morgan fingerprint density at radius 3 is 2.96 bits per heavy atom. The van der Waals surface area contributed by atoms with E-state index in [0.29, 0.717) is 27.4 Å². The number of hydrogen-bond acceptors (Lipinski definition) is 7. The van der Waals surface area contributed by atoms with E-state index >= 15 is 0 Å². The third-order valence-corrected chi connectivity index (χ3v) is 3.34. The molecule has 24 heavy (non-hydrogen) atoms. The van der Waals surface area contributed by atoms with Gasteiger partial charge in [-0.15, -0.1) is 0 Å². The van der Waals surface area contributed by atoms with Crippen molar-refractivity contribution in [2.24, 2.45) is 5.16 Å². The summed E-state index contributed by atoms with van der Waals surface area (Å²) >= 11 is 5.89. The Morgan fingerprint density at radius 2 is 2.21 bits per heavy atom. The largest absolute Gasteiger partial charge is 0.411 e. The predicted octanol–water partition coefficient (Wildman–Crippen LogP) is 3.73. The number of oxime groups is 1. The molecule has 0 saturated heterocycles. The lowest BCUT2D eigenvalue weighted by Gasteiger charge is -2.04. The minimum absolute atomic E-state index is 0.00109. The molecule has 1 N–H and O–H groups in total. The zero-order valence-electron chi connectivity index (χ0n) is 12.0. The number of benzene rings is 2. The van der Waals surface area contributed by atoms with Crippen LogP contribution in [-0.2, 0) is 0 Å². The second-order valence-electron chi connectivity index (χ2n) is 4.76. The molecular weight excluding hydrogens is 338 g/mol. The minimum Gasteiger partial charge on any atom is -0.411 e. The first-order chi connectivity index (χ1) is 11.5. The number of nitro groups is 1. The van der Waals surface area contributed by atoms with E-state index in [1.165, 1.54) is 6.07 Å². The van der Waals surface area contributed by atoms with Crippen LogP contribution in [0.2, 0.25) is 5.02 Å². The van der Waals surface area contributed by atoms with Gasteiger partial charge in [0.05, 0.1) is 0 Å². The van der Waals surface area contributed by atoms with Crippen molar-refractivity contribution in [3.8, 4) is 11.8 Å². The van der Waals surface area contributed by atoms with E-state index < -0.39 is 11.5 Å². The molecule has 0 aliphatic heterocycles. The van der Waals surface area contributed by atoms with Crippen molar-refractivity contribution in [3.63, 3.8) is 0 Å². The van der Waals surface area contributed by atoms with Gasteiger partial charge in [-0.3, -0.25) is 10.1 Å². The highest BCUT2D eigenvalue weighted by molar-refractivity contribution is 6.31. The van der Waals surface area contributed by atoms with E-state index in [1.807, 2.05) is 0 Å². The van der Waals surface area contributed by atoms with Crippen LogP contribution >= 0.6 is 11.6 Å². The Labute approximate surface area is 140 Å². The molecule has 3 aromatic rings. The third kappa shape index (κ3) is 3.44. The van der Waals surface area contributed by atoms with Crippen molar-refractivity contribution in [2.75, 3.05) is 6.54 Å². The van der Waals surface area contributed by atoms with Gasteiger partial charge in [-0.05, 0) is 30.3 Å². The van der Waals surface area contributed by atoms with Crippen LogP contribution in [0.15, 0.2) is 52.0 Å². The molecular formula is C15H10ClN3O5. The highest BCUT2D eigenvalue weighted by atomic mass is 35.5. The van der Waals surface area contributed by atoms with Gasteiger partial charge in [-0.1, -0.05) is 28.9 Å². The predicted molar refractivity (Wildman–Crippen MR) is 85.7 cm³/mol. The van der Waals surface area contributed by atoms with Gasteiger partial charge in [0, 0.05) is 15.5 Å². The highest BCUT2D eigenvalue weighted by Crippen LogP contribution is 2.27. The molecule has 0 fully saturated rings. The Kier molecular flexibility index (Phi) is 4.30. The Morgan fingerprint density at radius 1 is 1.38 bits per heavy atom. The topological polar surface area (TPSA) is 111 Å². The van der Waals surface area contributed by atoms with Crippen LogP contribution in [0.1, 0.15) is 5.56 Å². The van der Waals surface area contributed by atoms with Gasteiger partial charge in [0.15, 0.2) is 11.3 Å². The summed E-state index contributed by atoms with van der Waals surface area (Å²) in [7, 11) is 0. The second-order valence-corrected chi connectivity index (χ2v) is 5.20. The van der Waals surface area contributed by atoms with Crippen LogP contribution in [0.4, 0.5) is 0 Å². The van der Waals surface area contributed by atoms with Gasteiger partial charge >= 0.3 is 6.08 Å². The molecule has 0 radical (unpaired) electrons. The molecule has 0 atom stereocenters. The number of aromatic nitrogens is 1. The molecule has 2 aromatic carbocycles. The molecule has 3 rings (SSSR count). The molecule has 1 heterocycles. The van der Waals surface area contributed by atoms with Crippen molar-refractivity contribution < 1.29 is 19.3 Å². The summed E-state index contributed by atoms with van der Waals surface area (Å²) in [5.74, 6) is 0.328. The lowest BCUT2D eigenvalue weighted by Crippen LogP contribution is -2.15. The SMILES string of the molecule is O=[N+]([O-])CC(=NO)c1cccc(Oc2nc3cc(Cl)ccc3o2)c1. The molecule has 8 nitrogen and oxygen atoms in total. The van der Waals surface area contributed by atoms with Crippen molar-refractivity contribution in [1.29, 1.82) is 0 Å². The van der Waals surface area contributed by atoms with Crippen LogP contribution in [0.3, 0.4) is 0 Å². The van der Waals surface area contributed by atoms with E-state index in [1.54, 1.807) is 36.4 Å². The maximum Gasteiger partial charge on any atom is 0.400 e. The zero-order chi connectivity index (χ0) is 17.1. The van der Waals surface area contributed by atoms with E-state index in [0.717, 1.165) is 0 Å². The van der Waals surface area contributed by atoms with Gasteiger partial charge in [-0.25, -0.2) is 0 Å². The summed E-state index contributed by atoms with van der Waals surface area (Å²) < 4.78 is 11.0. The van der Waals surface area contributed by atoms with E-state index in [9.17, 15) is 10.1 Å². The summed E-state index contributed by atoms with van der Waals surface area (Å²) in [5.41, 5.74) is 1.32. The average molecular weight is 348 g/mol. The molecule has 9 heteroatoms. The van der Waals surface area contributed by atoms with E-state index in [-0.39, 0.29) is 11.8 Å². The third-order valence-electron chi connectivity index (χ3n) is 3.10. The fourth-order valence-electron chi connectivity index (χ4n) is 2.07. The summed E-state index contributed by atoms with van der Waals surface area (Å²) in [6.45, 7) is -0.610. The quantitative estimate of drug-likeness (QED) is 0.326. The van der Waals surface area contributed by atoms with Crippen molar-refractivity contribution >= 4 is 28.4 Å². The summed E-state index contributed by atoms with van der Waals surface area (Å²) in [6, 6.07) is 11.2. The molecule has 0 aliphatic rings. The van der Waals surface area contributed by atoms with Crippen LogP contribution in [0.5, 0.6) is 11.8 Å². The number of hydrogen-bond donors (Lipinski definition) is 1. The van der Waals surface area contributed by atoms with Crippen molar-refractivity contribution in [3.05, 3.63) is 63.2 Å². The summed E-state index contributed by atoms with van der Waals surface area (Å²) in [5, 5.41) is 23.0. The lowest BCUT2D eigenvalue weighted by atomic mass is 10.1. The van der Waals surface area contributed by atoms with Crippen LogP contribution in [0.25, 0.3) is 11.1 Å². The number of rotatable bonds is 5. The van der Waals surface area contributed by atoms with Gasteiger partial charge in [-0.2, -0.15) is 4.98 Å². The molecule has 0 saturated carbocycles. The molecule has 0 bridgehead atoms. The number of fused-ring (bicyclic) bond motifs is 1. The number of oxazole rings is 1. The first kappa shape index (κ1) is 15.8. The maximum atomic E-state index is 10.6. The second kappa shape index (κ2) is 6.55. The van der Waals surface area contributed by atoms with Crippen LogP contribution in [-0.4, -0.2) is 27.4 Å². The monoisotopic (exact) mass is 347 g/mol. The Bertz CT molecular complexity index is 938. The normalized spacial score (nSPS) is 11.6. The lowest BCUT2D eigenvalue weighted by molar-refractivity contribution is -0.463.